The minimum Gasteiger partial charge on any atom is -0.480 e. The summed E-state index contributed by atoms with van der Waals surface area (Å²) in [4.78, 5) is 34.9. The third-order valence-corrected chi connectivity index (χ3v) is 2.32. The summed E-state index contributed by atoms with van der Waals surface area (Å²) >= 11 is 0. The summed E-state index contributed by atoms with van der Waals surface area (Å²) in [7, 11) is 0. The highest BCUT2D eigenvalue weighted by atomic mass is 16.4. The molecule has 0 heterocycles. The van der Waals surface area contributed by atoms with E-state index in [2.05, 4.69) is 0 Å². The molecule has 5 nitrogen and oxygen atoms in total. The Kier molecular flexibility index (Phi) is 3.98. The van der Waals surface area contributed by atoms with Crippen LogP contribution in [0.25, 0.3) is 0 Å². The van der Waals surface area contributed by atoms with E-state index in [4.69, 9.17) is 5.11 Å². The van der Waals surface area contributed by atoms with Crippen molar-refractivity contribution in [1.29, 1.82) is 0 Å². The van der Waals surface area contributed by atoms with Crippen molar-refractivity contribution >= 4 is 17.8 Å². The summed E-state index contributed by atoms with van der Waals surface area (Å²) in [6, 6.07) is 6.92. The summed E-state index contributed by atoms with van der Waals surface area (Å²) < 4.78 is 0. The molecule has 0 fully saturated rings. The zero-order chi connectivity index (χ0) is 13.0. The third-order valence-electron chi connectivity index (χ3n) is 2.32. The molecule has 0 bridgehead atoms. The van der Waals surface area contributed by atoms with Crippen LogP contribution in [-0.2, 0) is 9.59 Å². The zero-order valence-electron chi connectivity index (χ0n) is 9.58. The Morgan fingerprint density at radius 3 is 2.12 bits per heavy atom. The van der Waals surface area contributed by atoms with Crippen LogP contribution in [0.4, 0.5) is 0 Å². The average Bonchev–Trinajstić information content (AvgIpc) is 2.29. The van der Waals surface area contributed by atoms with Crippen LogP contribution in [0.1, 0.15) is 24.2 Å². The SMILES string of the molecule is CC(=O)N(C(=O)c1ccccc1)[C@H](C)C(=O)O. The lowest BCUT2D eigenvalue weighted by atomic mass is 10.1. The van der Waals surface area contributed by atoms with E-state index in [1.165, 1.54) is 26.0 Å². The summed E-state index contributed by atoms with van der Waals surface area (Å²) in [5, 5.41) is 8.85. The van der Waals surface area contributed by atoms with Gasteiger partial charge in [-0.05, 0) is 19.1 Å². The number of amides is 2. The highest BCUT2D eigenvalue weighted by Crippen LogP contribution is 2.09. The minimum atomic E-state index is -1.22. The number of imide groups is 1. The van der Waals surface area contributed by atoms with E-state index < -0.39 is 23.8 Å². The molecule has 5 heteroatoms. The molecule has 1 rings (SSSR count). The van der Waals surface area contributed by atoms with E-state index in [-0.39, 0.29) is 5.56 Å². The molecule has 90 valence electrons. The van der Waals surface area contributed by atoms with Gasteiger partial charge >= 0.3 is 5.97 Å². The van der Waals surface area contributed by atoms with Gasteiger partial charge in [0.15, 0.2) is 0 Å². The van der Waals surface area contributed by atoms with Crippen molar-refractivity contribution < 1.29 is 19.5 Å². The smallest absolute Gasteiger partial charge is 0.326 e. The van der Waals surface area contributed by atoms with E-state index in [0.29, 0.717) is 0 Å². The van der Waals surface area contributed by atoms with Crippen LogP contribution in [0, 0.1) is 0 Å². The summed E-state index contributed by atoms with van der Waals surface area (Å²) in [6.45, 7) is 2.46. The number of benzene rings is 1. The summed E-state index contributed by atoms with van der Waals surface area (Å²) in [5.41, 5.74) is 0.288. The van der Waals surface area contributed by atoms with Crippen LogP contribution in [0.2, 0.25) is 0 Å². The van der Waals surface area contributed by atoms with Crippen LogP contribution in [0.15, 0.2) is 30.3 Å². The van der Waals surface area contributed by atoms with Gasteiger partial charge in [-0.1, -0.05) is 18.2 Å². The lowest BCUT2D eigenvalue weighted by Gasteiger charge is -2.23. The molecule has 0 saturated carbocycles. The number of aliphatic carboxylic acids is 1. The maximum absolute atomic E-state index is 12.0. The standard InChI is InChI=1S/C12H13NO4/c1-8(12(16)17)13(9(2)14)11(15)10-6-4-3-5-7-10/h3-8H,1-2H3,(H,16,17)/t8-/m1/s1. The van der Waals surface area contributed by atoms with Gasteiger partial charge in [0.2, 0.25) is 5.91 Å². The number of hydrogen-bond donors (Lipinski definition) is 1. The average molecular weight is 235 g/mol. The van der Waals surface area contributed by atoms with E-state index >= 15 is 0 Å². The van der Waals surface area contributed by atoms with Crippen molar-refractivity contribution in [3.8, 4) is 0 Å². The quantitative estimate of drug-likeness (QED) is 0.852. The molecule has 1 aromatic rings. The Morgan fingerprint density at radius 1 is 1.18 bits per heavy atom. The lowest BCUT2D eigenvalue weighted by molar-refractivity contribution is -0.146. The number of carboxylic acid groups (broad SMARTS) is 1. The van der Waals surface area contributed by atoms with Crippen LogP contribution < -0.4 is 0 Å². The monoisotopic (exact) mass is 235 g/mol. The fraction of sp³-hybridized carbons (Fsp3) is 0.250. The fourth-order valence-corrected chi connectivity index (χ4v) is 1.42. The molecule has 0 saturated heterocycles. The molecule has 1 aromatic carbocycles. The predicted octanol–water partition coefficient (Wildman–Crippen LogP) is 1.15. The predicted molar refractivity (Wildman–Crippen MR) is 60.4 cm³/mol. The van der Waals surface area contributed by atoms with E-state index in [1.54, 1.807) is 18.2 Å². The number of rotatable bonds is 3. The molecule has 2 amide bonds. The van der Waals surface area contributed by atoms with Gasteiger partial charge in [-0.15, -0.1) is 0 Å². The first kappa shape index (κ1) is 12.9. The van der Waals surface area contributed by atoms with Crippen molar-refractivity contribution in [2.24, 2.45) is 0 Å². The highest BCUT2D eigenvalue weighted by molar-refractivity contribution is 6.06. The molecular formula is C12H13NO4. The fourth-order valence-electron chi connectivity index (χ4n) is 1.42. The first-order valence-corrected chi connectivity index (χ1v) is 5.07. The topological polar surface area (TPSA) is 74.7 Å². The second kappa shape index (κ2) is 5.25. The molecule has 17 heavy (non-hydrogen) atoms. The minimum absolute atomic E-state index is 0.288. The lowest BCUT2D eigenvalue weighted by Crippen LogP contribution is -2.46. The van der Waals surface area contributed by atoms with Crippen molar-refractivity contribution in [3.63, 3.8) is 0 Å². The Hall–Kier alpha value is -2.17. The molecule has 0 aliphatic rings. The van der Waals surface area contributed by atoms with Gasteiger partial charge in [-0.2, -0.15) is 0 Å². The van der Waals surface area contributed by atoms with Gasteiger partial charge < -0.3 is 5.11 Å². The number of carbonyl (C=O) groups excluding carboxylic acids is 2. The third kappa shape index (κ3) is 2.90. The number of hydrogen-bond acceptors (Lipinski definition) is 3. The number of carboxylic acids is 1. The molecular weight excluding hydrogens is 222 g/mol. The van der Waals surface area contributed by atoms with Gasteiger partial charge in [0, 0.05) is 12.5 Å². The summed E-state index contributed by atoms with van der Waals surface area (Å²) in [6.07, 6.45) is 0. The van der Waals surface area contributed by atoms with Crippen molar-refractivity contribution in [2.45, 2.75) is 19.9 Å². The van der Waals surface area contributed by atoms with Crippen LogP contribution in [0.3, 0.4) is 0 Å². The normalized spacial score (nSPS) is 11.6. The van der Waals surface area contributed by atoms with Gasteiger partial charge in [-0.3, -0.25) is 14.5 Å². The second-order valence-corrected chi connectivity index (χ2v) is 3.57. The van der Waals surface area contributed by atoms with Crippen LogP contribution in [-0.4, -0.2) is 33.8 Å². The van der Waals surface area contributed by atoms with Crippen LogP contribution in [0.5, 0.6) is 0 Å². The molecule has 1 N–H and O–H groups in total. The molecule has 0 spiro atoms. The van der Waals surface area contributed by atoms with E-state index in [1.807, 2.05) is 0 Å². The van der Waals surface area contributed by atoms with Crippen molar-refractivity contribution in [2.75, 3.05) is 0 Å². The number of nitrogens with zero attached hydrogens (tertiary/aromatic N) is 1. The van der Waals surface area contributed by atoms with Gasteiger partial charge in [-0.25, -0.2) is 4.79 Å². The molecule has 0 aromatic heterocycles. The molecule has 0 radical (unpaired) electrons. The highest BCUT2D eigenvalue weighted by Gasteiger charge is 2.29. The summed E-state index contributed by atoms with van der Waals surface area (Å²) in [5.74, 6) is -2.41. The molecule has 0 aliphatic carbocycles. The Morgan fingerprint density at radius 2 is 1.71 bits per heavy atom. The maximum Gasteiger partial charge on any atom is 0.326 e. The zero-order valence-corrected chi connectivity index (χ0v) is 9.58. The Balaban J connectivity index is 3.05. The van der Waals surface area contributed by atoms with Crippen molar-refractivity contribution in [1.82, 2.24) is 4.90 Å². The molecule has 0 unspecified atom stereocenters. The van der Waals surface area contributed by atoms with E-state index in [9.17, 15) is 14.4 Å². The Bertz CT molecular complexity index is 441. The second-order valence-electron chi connectivity index (χ2n) is 3.57. The van der Waals surface area contributed by atoms with Gasteiger partial charge in [0.1, 0.15) is 6.04 Å². The maximum atomic E-state index is 12.0. The van der Waals surface area contributed by atoms with Crippen LogP contribution >= 0.6 is 0 Å². The van der Waals surface area contributed by atoms with E-state index in [0.717, 1.165) is 4.90 Å². The molecule has 1 atom stereocenters. The van der Waals surface area contributed by atoms with Gasteiger partial charge in [0.25, 0.3) is 5.91 Å². The first-order chi connectivity index (χ1) is 7.95. The Labute approximate surface area is 98.7 Å². The largest absolute Gasteiger partial charge is 0.480 e. The first-order valence-electron chi connectivity index (χ1n) is 5.07. The number of carbonyl (C=O) groups is 3. The van der Waals surface area contributed by atoms with Gasteiger partial charge in [0.05, 0.1) is 0 Å². The molecule has 0 aliphatic heterocycles. The van der Waals surface area contributed by atoms with Crippen molar-refractivity contribution in [3.05, 3.63) is 35.9 Å².